The Kier molecular flexibility index (Phi) is 6.57. The van der Waals surface area contributed by atoms with Gasteiger partial charge in [-0.2, -0.15) is 5.26 Å². The fourth-order valence-electron chi connectivity index (χ4n) is 2.28. The van der Waals surface area contributed by atoms with Crippen molar-refractivity contribution >= 4 is 34.3 Å². The summed E-state index contributed by atoms with van der Waals surface area (Å²) in [6.07, 6.45) is 1.41. The van der Waals surface area contributed by atoms with Crippen molar-refractivity contribution in [1.29, 1.82) is 5.26 Å². The molecule has 1 aromatic carbocycles. The maximum Gasteiger partial charge on any atom is 0.340 e. The molecule has 27 heavy (non-hydrogen) atoms. The molecule has 1 heterocycles. The highest BCUT2D eigenvalue weighted by atomic mass is 32.1. The van der Waals surface area contributed by atoms with Crippen LogP contribution in [0.1, 0.15) is 20.8 Å². The van der Waals surface area contributed by atoms with Gasteiger partial charge in [0.15, 0.2) is 0 Å². The maximum absolute atomic E-state index is 12.5. The van der Waals surface area contributed by atoms with Crippen LogP contribution in [0, 0.1) is 18.3 Å². The lowest BCUT2D eigenvalue weighted by atomic mass is 10.1. The van der Waals surface area contributed by atoms with Crippen molar-refractivity contribution in [1.82, 2.24) is 0 Å². The molecule has 0 spiro atoms. The summed E-state index contributed by atoms with van der Waals surface area (Å²) in [5.74, 6) is -0.155. The van der Waals surface area contributed by atoms with Crippen molar-refractivity contribution in [3.05, 3.63) is 45.8 Å². The molecule has 0 aliphatic heterocycles. The van der Waals surface area contributed by atoms with Crippen LogP contribution in [0.2, 0.25) is 0 Å². The van der Waals surface area contributed by atoms with Crippen molar-refractivity contribution in [3.8, 4) is 17.6 Å². The lowest BCUT2D eigenvalue weighted by Gasteiger charge is -2.08. The zero-order valence-corrected chi connectivity index (χ0v) is 16.1. The summed E-state index contributed by atoms with van der Waals surface area (Å²) < 4.78 is 15.1. The van der Waals surface area contributed by atoms with Gasteiger partial charge in [-0.25, -0.2) is 4.79 Å². The summed E-state index contributed by atoms with van der Waals surface area (Å²) in [5, 5.41) is 12.3. The van der Waals surface area contributed by atoms with Gasteiger partial charge >= 0.3 is 5.97 Å². The number of anilines is 1. The number of methoxy groups -OCH3 is 3. The fraction of sp³-hybridized carbons (Fsp3) is 0.211. The van der Waals surface area contributed by atoms with E-state index in [1.54, 1.807) is 31.2 Å². The van der Waals surface area contributed by atoms with Gasteiger partial charge in [-0.1, -0.05) is 0 Å². The lowest BCUT2D eigenvalue weighted by Crippen LogP contribution is -2.15. The first-order chi connectivity index (χ1) is 12.9. The number of hydrogen-bond acceptors (Lipinski definition) is 7. The Hall–Kier alpha value is -3.31. The number of nitriles is 1. The minimum Gasteiger partial charge on any atom is -0.497 e. The molecule has 2 rings (SSSR count). The van der Waals surface area contributed by atoms with Crippen LogP contribution in [0.15, 0.2) is 29.8 Å². The molecule has 8 heteroatoms. The Labute approximate surface area is 160 Å². The molecule has 0 atom stereocenters. The van der Waals surface area contributed by atoms with Gasteiger partial charge in [0.25, 0.3) is 5.91 Å². The molecule has 0 aliphatic rings. The first-order valence-electron chi connectivity index (χ1n) is 7.77. The van der Waals surface area contributed by atoms with E-state index < -0.39 is 11.9 Å². The van der Waals surface area contributed by atoms with Crippen LogP contribution in [-0.2, 0) is 9.53 Å². The Balaban J connectivity index is 2.34. The average molecular weight is 386 g/mol. The molecule has 0 fully saturated rings. The number of ether oxygens (including phenoxy) is 3. The molecule has 0 bridgehead atoms. The number of carbonyl (C=O) groups excluding carboxylic acids is 2. The number of hydrogen-bond donors (Lipinski definition) is 1. The Morgan fingerprint density at radius 2 is 1.93 bits per heavy atom. The van der Waals surface area contributed by atoms with Gasteiger partial charge in [0.05, 0.1) is 26.9 Å². The minimum atomic E-state index is -0.637. The quantitative estimate of drug-likeness (QED) is 0.464. The lowest BCUT2D eigenvalue weighted by molar-refractivity contribution is -0.112. The van der Waals surface area contributed by atoms with Crippen molar-refractivity contribution in [3.63, 3.8) is 0 Å². The second kappa shape index (κ2) is 8.87. The Bertz CT molecular complexity index is 940. The SMILES string of the molecule is COC(=O)c1cc(C)sc1NC(=O)C(C#N)=Cc1ccc(OC)cc1OC. The van der Waals surface area contributed by atoms with E-state index in [-0.39, 0.29) is 11.1 Å². The highest BCUT2D eigenvalue weighted by Crippen LogP contribution is 2.30. The highest BCUT2D eigenvalue weighted by Gasteiger charge is 2.19. The van der Waals surface area contributed by atoms with E-state index in [4.69, 9.17) is 14.2 Å². The maximum atomic E-state index is 12.5. The fourth-order valence-corrected chi connectivity index (χ4v) is 3.18. The van der Waals surface area contributed by atoms with E-state index in [0.717, 1.165) is 4.88 Å². The number of amides is 1. The van der Waals surface area contributed by atoms with E-state index >= 15 is 0 Å². The second-order valence-electron chi connectivity index (χ2n) is 5.32. The van der Waals surface area contributed by atoms with Crippen molar-refractivity contribution < 1.29 is 23.8 Å². The molecular weight excluding hydrogens is 368 g/mol. The van der Waals surface area contributed by atoms with E-state index in [9.17, 15) is 14.9 Å². The molecule has 0 radical (unpaired) electrons. The third-order valence-electron chi connectivity index (χ3n) is 3.59. The molecule has 1 aromatic heterocycles. The van der Waals surface area contributed by atoms with Crippen LogP contribution in [0.3, 0.4) is 0 Å². The van der Waals surface area contributed by atoms with Crippen LogP contribution in [0.25, 0.3) is 6.08 Å². The van der Waals surface area contributed by atoms with E-state index in [2.05, 4.69) is 5.32 Å². The van der Waals surface area contributed by atoms with Gasteiger partial charge in [0.1, 0.15) is 28.1 Å². The number of rotatable bonds is 6. The van der Waals surface area contributed by atoms with Gasteiger partial charge in [0, 0.05) is 16.5 Å². The third kappa shape index (κ3) is 4.65. The number of nitrogens with one attached hydrogen (secondary N) is 1. The van der Waals surface area contributed by atoms with Gasteiger partial charge in [-0.05, 0) is 31.2 Å². The van der Waals surface area contributed by atoms with Crippen molar-refractivity contribution in [2.24, 2.45) is 0 Å². The van der Waals surface area contributed by atoms with Gasteiger partial charge in [-0.15, -0.1) is 11.3 Å². The zero-order valence-electron chi connectivity index (χ0n) is 15.3. The zero-order chi connectivity index (χ0) is 20.0. The summed E-state index contributed by atoms with van der Waals surface area (Å²) in [6, 6.07) is 8.51. The number of aryl methyl sites for hydroxylation is 1. The van der Waals surface area contributed by atoms with Gasteiger partial charge in [-0.3, -0.25) is 4.79 Å². The summed E-state index contributed by atoms with van der Waals surface area (Å²) in [5.41, 5.74) is 0.647. The van der Waals surface area contributed by atoms with Crippen LogP contribution in [-0.4, -0.2) is 33.2 Å². The first-order valence-corrected chi connectivity index (χ1v) is 8.59. The highest BCUT2D eigenvalue weighted by molar-refractivity contribution is 7.16. The molecule has 1 amide bonds. The smallest absolute Gasteiger partial charge is 0.340 e. The van der Waals surface area contributed by atoms with Crippen LogP contribution >= 0.6 is 11.3 Å². The molecule has 1 N–H and O–H groups in total. The average Bonchev–Trinajstić information content (AvgIpc) is 3.05. The number of thiophene rings is 1. The van der Waals surface area contributed by atoms with Gasteiger partial charge in [0.2, 0.25) is 0 Å². The predicted molar refractivity (Wildman–Crippen MR) is 102 cm³/mol. The molecule has 0 aliphatic carbocycles. The number of esters is 1. The monoisotopic (exact) mass is 386 g/mol. The molecule has 7 nitrogen and oxygen atoms in total. The molecule has 0 saturated heterocycles. The van der Waals surface area contributed by atoms with Crippen molar-refractivity contribution in [2.45, 2.75) is 6.92 Å². The largest absolute Gasteiger partial charge is 0.497 e. The van der Waals surface area contributed by atoms with E-state index in [0.29, 0.717) is 22.1 Å². The minimum absolute atomic E-state index is 0.139. The number of benzene rings is 1. The topological polar surface area (TPSA) is 97.7 Å². The number of nitrogens with zero attached hydrogens (tertiary/aromatic N) is 1. The summed E-state index contributed by atoms with van der Waals surface area (Å²) in [6.45, 7) is 1.80. The first kappa shape index (κ1) is 20.0. The van der Waals surface area contributed by atoms with E-state index in [1.807, 2.05) is 6.07 Å². The van der Waals surface area contributed by atoms with Crippen LogP contribution in [0.4, 0.5) is 5.00 Å². The standard InChI is InChI=1S/C19H18N2O5S/c1-11-7-15(19(23)26-4)18(27-11)21-17(22)13(10-20)8-12-5-6-14(24-2)9-16(12)25-3/h5-9H,1-4H3,(H,21,22). The number of carbonyl (C=O) groups is 2. The molecular formula is C19H18N2O5S. The Morgan fingerprint density at radius 3 is 2.52 bits per heavy atom. The van der Waals surface area contributed by atoms with Crippen LogP contribution in [0.5, 0.6) is 11.5 Å². The second-order valence-corrected chi connectivity index (χ2v) is 6.58. The molecule has 0 unspecified atom stereocenters. The molecule has 0 saturated carbocycles. The predicted octanol–water partition coefficient (Wildman–Crippen LogP) is 3.41. The third-order valence-corrected chi connectivity index (χ3v) is 4.56. The summed E-state index contributed by atoms with van der Waals surface area (Å²) in [4.78, 5) is 25.2. The summed E-state index contributed by atoms with van der Waals surface area (Å²) >= 11 is 1.22. The van der Waals surface area contributed by atoms with E-state index in [1.165, 1.54) is 38.7 Å². The molecule has 140 valence electrons. The normalized spacial score (nSPS) is 10.7. The molecule has 2 aromatic rings. The Morgan fingerprint density at radius 1 is 1.19 bits per heavy atom. The summed E-state index contributed by atoms with van der Waals surface area (Å²) in [7, 11) is 4.27. The van der Waals surface area contributed by atoms with Crippen LogP contribution < -0.4 is 14.8 Å². The van der Waals surface area contributed by atoms with Gasteiger partial charge < -0.3 is 19.5 Å². The van der Waals surface area contributed by atoms with Crippen molar-refractivity contribution in [2.75, 3.05) is 26.6 Å².